The highest BCUT2D eigenvalue weighted by Crippen LogP contribution is 2.10. The van der Waals surface area contributed by atoms with Crippen LogP contribution < -0.4 is 0 Å². The van der Waals surface area contributed by atoms with Crippen molar-refractivity contribution in [2.45, 2.75) is 0 Å². The van der Waals surface area contributed by atoms with E-state index in [0.717, 1.165) is 0 Å². The van der Waals surface area contributed by atoms with Crippen molar-refractivity contribution >= 4 is 40.2 Å². The van der Waals surface area contributed by atoms with Crippen LogP contribution in [0.25, 0.3) is 0 Å². The normalized spacial score (nSPS) is 9.64. The molecule has 0 aromatic carbocycles. The second-order valence-corrected chi connectivity index (χ2v) is 3.14. The van der Waals surface area contributed by atoms with Gasteiger partial charge in [-0.3, -0.25) is 0 Å². The third-order valence-electron chi connectivity index (χ3n) is 0.917. The largest absolute Gasteiger partial charge is 0.476 e. The van der Waals surface area contributed by atoms with Gasteiger partial charge >= 0.3 is 5.97 Å². The first-order valence-electron chi connectivity index (χ1n) is 2.52. The van der Waals surface area contributed by atoms with Crippen LogP contribution in [0.3, 0.4) is 0 Å². The van der Waals surface area contributed by atoms with Crippen LogP contribution in [0.1, 0.15) is 10.5 Å². The van der Waals surface area contributed by atoms with E-state index in [9.17, 15) is 4.79 Å². The Labute approximate surface area is 80.8 Å². The zero-order valence-corrected chi connectivity index (χ0v) is 8.00. The molecule has 0 aliphatic heterocycles. The molecule has 0 spiro atoms. The maximum atomic E-state index is 10.4. The lowest BCUT2D eigenvalue weighted by Gasteiger charge is -1.95. The first-order valence-corrected chi connectivity index (χ1v) is 3.98. The number of halogens is 2. The van der Waals surface area contributed by atoms with Gasteiger partial charge in [0.25, 0.3) is 0 Å². The summed E-state index contributed by atoms with van der Waals surface area (Å²) in [6.07, 6.45) is 1.36. The van der Waals surface area contributed by atoms with Crippen LogP contribution in [0.2, 0.25) is 5.28 Å². The highest BCUT2D eigenvalue weighted by molar-refractivity contribution is 14.1. The average molecular weight is 284 g/mol. The molecule has 0 amide bonds. The summed E-state index contributed by atoms with van der Waals surface area (Å²) in [7, 11) is 0. The highest BCUT2D eigenvalue weighted by atomic mass is 127. The van der Waals surface area contributed by atoms with Crippen molar-refractivity contribution in [1.82, 2.24) is 9.97 Å². The Hall–Kier alpha value is -0.430. The quantitative estimate of drug-likeness (QED) is 0.626. The smallest absolute Gasteiger partial charge is 0.355 e. The minimum absolute atomic E-state index is 0.0529. The molecule has 1 aromatic heterocycles. The Morgan fingerprint density at radius 1 is 1.73 bits per heavy atom. The number of carbonyl (C=O) groups is 1. The Morgan fingerprint density at radius 3 is 2.82 bits per heavy atom. The summed E-state index contributed by atoms with van der Waals surface area (Å²) in [5, 5.41) is 8.48. The van der Waals surface area contributed by atoms with Crippen molar-refractivity contribution in [2.24, 2.45) is 0 Å². The summed E-state index contributed by atoms with van der Waals surface area (Å²) < 4.78 is 0.472. The molecule has 0 unspecified atom stereocenters. The number of hydrogen-bond acceptors (Lipinski definition) is 3. The molecular formula is C5H2ClIN2O2. The lowest BCUT2D eigenvalue weighted by atomic mass is 10.4. The van der Waals surface area contributed by atoms with Gasteiger partial charge < -0.3 is 5.11 Å². The fourth-order valence-corrected chi connectivity index (χ4v) is 1.12. The Morgan fingerprint density at radius 2 is 2.36 bits per heavy atom. The van der Waals surface area contributed by atoms with E-state index < -0.39 is 5.97 Å². The van der Waals surface area contributed by atoms with Crippen molar-refractivity contribution in [1.29, 1.82) is 0 Å². The van der Waals surface area contributed by atoms with E-state index >= 15 is 0 Å². The molecule has 0 radical (unpaired) electrons. The number of hydrogen-bond donors (Lipinski definition) is 1. The molecule has 0 aliphatic rings. The van der Waals surface area contributed by atoms with E-state index in [4.69, 9.17) is 16.7 Å². The van der Waals surface area contributed by atoms with Crippen LogP contribution in [0.4, 0.5) is 0 Å². The first kappa shape index (κ1) is 8.66. The number of nitrogens with zero attached hydrogens (tertiary/aromatic N) is 2. The number of aromatic carboxylic acids is 1. The second kappa shape index (κ2) is 3.31. The van der Waals surface area contributed by atoms with E-state index in [2.05, 4.69) is 9.97 Å². The Kier molecular flexibility index (Phi) is 2.61. The predicted octanol–water partition coefficient (Wildman–Crippen LogP) is 1.43. The molecule has 0 saturated heterocycles. The summed E-state index contributed by atoms with van der Waals surface area (Å²) >= 11 is 7.20. The third-order valence-corrected chi connectivity index (χ3v) is 1.89. The van der Waals surface area contributed by atoms with Gasteiger partial charge in [-0.05, 0) is 34.2 Å². The fraction of sp³-hybridized carbons (Fsp3) is 0. The topological polar surface area (TPSA) is 63.1 Å². The van der Waals surface area contributed by atoms with Crippen molar-refractivity contribution in [2.75, 3.05) is 0 Å². The van der Waals surface area contributed by atoms with Crippen molar-refractivity contribution in [3.05, 3.63) is 20.7 Å². The van der Waals surface area contributed by atoms with Gasteiger partial charge in [-0.25, -0.2) is 14.8 Å². The minimum atomic E-state index is -1.10. The van der Waals surface area contributed by atoms with Crippen LogP contribution in [-0.4, -0.2) is 21.0 Å². The second-order valence-electron chi connectivity index (χ2n) is 1.64. The predicted molar refractivity (Wildman–Crippen MR) is 46.7 cm³/mol. The molecule has 0 aliphatic carbocycles. The van der Waals surface area contributed by atoms with Gasteiger partial charge in [0, 0.05) is 6.20 Å². The molecular weight excluding hydrogens is 282 g/mol. The van der Waals surface area contributed by atoms with E-state index in [0.29, 0.717) is 3.57 Å². The van der Waals surface area contributed by atoms with E-state index in [1.165, 1.54) is 6.20 Å². The lowest BCUT2D eigenvalue weighted by Crippen LogP contribution is -2.04. The summed E-state index contributed by atoms with van der Waals surface area (Å²) in [6, 6.07) is 0. The molecule has 11 heavy (non-hydrogen) atoms. The van der Waals surface area contributed by atoms with E-state index in [-0.39, 0.29) is 11.0 Å². The minimum Gasteiger partial charge on any atom is -0.476 e. The molecule has 0 fully saturated rings. The monoisotopic (exact) mass is 284 g/mol. The summed E-state index contributed by atoms with van der Waals surface area (Å²) in [5.41, 5.74) is -0.0643. The molecule has 0 bridgehead atoms. The standard InChI is InChI=1S/C5H2ClIN2O2/c6-5-8-1-2(7)3(9-5)4(10)11/h1H,(H,10,11). The molecule has 0 saturated carbocycles. The number of rotatable bonds is 1. The van der Waals surface area contributed by atoms with Gasteiger partial charge in [0.15, 0.2) is 5.69 Å². The molecule has 58 valence electrons. The molecule has 1 rings (SSSR count). The zero-order valence-electron chi connectivity index (χ0n) is 5.08. The average Bonchev–Trinajstić information content (AvgIpc) is 1.94. The lowest BCUT2D eigenvalue weighted by molar-refractivity contribution is 0.0689. The maximum absolute atomic E-state index is 10.4. The third kappa shape index (κ3) is 2.00. The summed E-state index contributed by atoms with van der Waals surface area (Å²) in [6.45, 7) is 0. The molecule has 4 nitrogen and oxygen atoms in total. The van der Waals surface area contributed by atoms with Crippen LogP contribution in [-0.2, 0) is 0 Å². The fourth-order valence-electron chi connectivity index (χ4n) is 0.496. The number of carboxylic acid groups (broad SMARTS) is 1. The van der Waals surface area contributed by atoms with Crippen molar-refractivity contribution < 1.29 is 9.90 Å². The number of aromatic nitrogens is 2. The van der Waals surface area contributed by atoms with Crippen molar-refractivity contribution in [3.63, 3.8) is 0 Å². The van der Waals surface area contributed by atoms with Gasteiger partial charge in [0.1, 0.15) is 0 Å². The summed E-state index contributed by atoms with van der Waals surface area (Å²) in [5.74, 6) is -1.10. The Bertz CT molecular complexity index is 305. The van der Waals surface area contributed by atoms with Crippen LogP contribution in [0.5, 0.6) is 0 Å². The molecule has 1 heterocycles. The first-order chi connectivity index (χ1) is 5.11. The van der Waals surface area contributed by atoms with E-state index in [1.54, 1.807) is 0 Å². The van der Waals surface area contributed by atoms with Crippen LogP contribution in [0, 0.1) is 3.57 Å². The molecule has 1 aromatic rings. The van der Waals surface area contributed by atoms with Gasteiger partial charge in [-0.15, -0.1) is 0 Å². The zero-order chi connectivity index (χ0) is 8.43. The molecule has 1 N–H and O–H groups in total. The van der Waals surface area contributed by atoms with Gasteiger partial charge in [-0.1, -0.05) is 0 Å². The summed E-state index contributed by atoms with van der Waals surface area (Å²) in [4.78, 5) is 17.5. The maximum Gasteiger partial charge on any atom is 0.355 e. The highest BCUT2D eigenvalue weighted by Gasteiger charge is 2.10. The SMILES string of the molecule is O=C(O)c1nc(Cl)ncc1I. The van der Waals surface area contributed by atoms with Crippen LogP contribution in [0.15, 0.2) is 6.20 Å². The number of carboxylic acids is 1. The van der Waals surface area contributed by atoms with Gasteiger partial charge in [0.05, 0.1) is 3.57 Å². The molecule has 0 atom stereocenters. The van der Waals surface area contributed by atoms with E-state index in [1.807, 2.05) is 22.6 Å². The van der Waals surface area contributed by atoms with Crippen molar-refractivity contribution in [3.8, 4) is 0 Å². The van der Waals surface area contributed by atoms with Gasteiger partial charge in [0.2, 0.25) is 5.28 Å². The Balaban J connectivity index is 3.23. The van der Waals surface area contributed by atoms with Gasteiger partial charge in [-0.2, -0.15) is 0 Å². The van der Waals surface area contributed by atoms with Crippen LogP contribution >= 0.6 is 34.2 Å². The molecule has 6 heteroatoms.